The number of amides is 1. The first-order chi connectivity index (χ1) is 8.81. The van der Waals surface area contributed by atoms with E-state index in [-0.39, 0.29) is 24.4 Å². The third kappa shape index (κ3) is 2.73. The lowest BCUT2D eigenvalue weighted by molar-refractivity contribution is -0.117. The zero-order chi connectivity index (χ0) is 14.2. The Bertz CT molecular complexity index is 661. The number of aryl methyl sites for hydroxylation is 1. The highest BCUT2D eigenvalue weighted by molar-refractivity contribution is 7.86. The Morgan fingerprint density at radius 1 is 1.63 bits per heavy atom. The van der Waals surface area contributed by atoms with E-state index in [9.17, 15) is 17.1 Å². The summed E-state index contributed by atoms with van der Waals surface area (Å²) in [5.41, 5.74) is 0.462. The van der Waals surface area contributed by atoms with E-state index in [0.29, 0.717) is 5.69 Å². The molecule has 1 amide bonds. The second kappa shape index (κ2) is 4.62. The maximum absolute atomic E-state index is 12.6. The van der Waals surface area contributed by atoms with Crippen molar-refractivity contribution in [2.75, 3.05) is 17.2 Å². The van der Waals surface area contributed by atoms with Gasteiger partial charge in [0.05, 0.1) is 5.75 Å². The molecule has 0 bridgehead atoms. The van der Waals surface area contributed by atoms with Crippen molar-refractivity contribution in [2.45, 2.75) is 13.3 Å². The van der Waals surface area contributed by atoms with Gasteiger partial charge in [0.2, 0.25) is 5.91 Å². The molecule has 102 valence electrons. The van der Waals surface area contributed by atoms with E-state index in [1.807, 2.05) is 6.07 Å². The predicted molar refractivity (Wildman–Crippen MR) is 61.3 cm³/mol. The number of hydrogen-bond donors (Lipinski definition) is 0. The van der Waals surface area contributed by atoms with Gasteiger partial charge in [-0.1, -0.05) is 5.16 Å². The SMILES string of the molecule is Cc1noc(N2CC(CS(=O)(=O)F)CC2=O)c1C#N. The molecule has 1 aliphatic heterocycles. The lowest BCUT2D eigenvalue weighted by atomic mass is 10.1. The molecule has 0 radical (unpaired) electrons. The fourth-order valence-electron chi connectivity index (χ4n) is 2.04. The van der Waals surface area contributed by atoms with Crippen molar-refractivity contribution in [1.29, 1.82) is 5.26 Å². The molecule has 1 fully saturated rings. The average Bonchev–Trinajstić information content (AvgIpc) is 2.79. The normalized spacial score (nSPS) is 19.7. The molecule has 19 heavy (non-hydrogen) atoms. The van der Waals surface area contributed by atoms with Crippen molar-refractivity contribution < 1.29 is 21.6 Å². The Morgan fingerprint density at radius 2 is 2.32 bits per heavy atom. The zero-order valence-corrected chi connectivity index (χ0v) is 10.8. The number of carbonyl (C=O) groups is 1. The largest absolute Gasteiger partial charge is 0.336 e. The number of nitrogens with zero attached hydrogens (tertiary/aromatic N) is 3. The fraction of sp³-hybridized carbons (Fsp3) is 0.500. The van der Waals surface area contributed by atoms with E-state index in [1.54, 1.807) is 6.92 Å². The van der Waals surface area contributed by atoms with Gasteiger partial charge in [0.1, 0.15) is 17.3 Å². The zero-order valence-electron chi connectivity index (χ0n) is 9.96. The van der Waals surface area contributed by atoms with Crippen LogP contribution in [0.5, 0.6) is 0 Å². The van der Waals surface area contributed by atoms with Gasteiger partial charge in [-0.3, -0.25) is 9.69 Å². The van der Waals surface area contributed by atoms with Crippen molar-refractivity contribution in [3.8, 4) is 6.07 Å². The molecule has 1 atom stereocenters. The van der Waals surface area contributed by atoms with Crippen LogP contribution in [0.3, 0.4) is 0 Å². The van der Waals surface area contributed by atoms with Crippen LogP contribution in [0.25, 0.3) is 0 Å². The van der Waals surface area contributed by atoms with Crippen LogP contribution in [0, 0.1) is 24.2 Å². The van der Waals surface area contributed by atoms with Crippen molar-refractivity contribution in [3.05, 3.63) is 11.3 Å². The lowest BCUT2D eigenvalue weighted by Crippen LogP contribution is -2.25. The van der Waals surface area contributed by atoms with Crippen molar-refractivity contribution in [3.63, 3.8) is 0 Å². The monoisotopic (exact) mass is 287 g/mol. The second-order valence-corrected chi connectivity index (χ2v) is 5.75. The van der Waals surface area contributed by atoms with Gasteiger partial charge in [-0.25, -0.2) is 0 Å². The molecule has 0 aromatic carbocycles. The summed E-state index contributed by atoms with van der Waals surface area (Å²) < 4.78 is 38.7. The average molecular weight is 287 g/mol. The van der Waals surface area contributed by atoms with Crippen LogP contribution in [-0.4, -0.2) is 31.8 Å². The third-order valence-electron chi connectivity index (χ3n) is 2.84. The van der Waals surface area contributed by atoms with E-state index in [1.165, 1.54) is 0 Å². The number of hydrogen-bond acceptors (Lipinski definition) is 6. The number of nitriles is 1. The first kappa shape index (κ1) is 13.5. The topological polar surface area (TPSA) is 104 Å². The molecule has 0 saturated carbocycles. The number of rotatable bonds is 3. The highest BCUT2D eigenvalue weighted by Gasteiger charge is 2.37. The Morgan fingerprint density at radius 3 is 2.89 bits per heavy atom. The minimum atomic E-state index is -4.64. The standard InChI is InChI=1S/C10H10FN3O4S/c1-6-8(3-12)10(18-13-6)14-4-7(2-9(14)15)5-19(11,16)17/h7H,2,4-5H2,1H3. The summed E-state index contributed by atoms with van der Waals surface area (Å²) >= 11 is 0. The van der Waals surface area contributed by atoms with Crippen LogP contribution >= 0.6 is 0 Å². The predicted octanol–water partition coefficient (Wildman–Crippen LogP) is 0.507. The van der Waals surface area contributed by atoms with E-state index in [0.717, 1.165) is 4.90 Å². The maximum atomic E-state index is 12.6. The number of carbonyl (C=O) groups excluding carboxylic acids is 1. The van der Waals surface area contributed by atoms with Gasteiger partial charge in [0.25, 0.3) is 5.88 Å². The van der Waals surface area contributed by atoms with Crippen LogP contribution in [-0.2, 0) is 15.0 Å². The van der Waals surface area contributed by atoms with E-state index < -0.39 is 27.8 Å². The molecule has 0 spiro atoms. The summed E-state index contributed by atoms with van der Waals surface area (Å²) in [7, 11) is -4.64. The molecule has 0 N–H and O–H groups in total. The molecular weight excluding hydrogens is 277 g/mol. The first-order valence-electron chi connectivity index (χ1n) is 5.41. The number of anilines is 1. The van der Waals surface area contributed by atoms with Crippen LogP contribution in [0.15, 0.2) is 4.52 Å². The fourth-order valence-corrected chi connectivity index (χ4v) is 2.83. The van der Waals surface area contributed by atoms with E-state index >= 15 is 0 Å². The minimum absolute atomic E-state index is 0.00863. The Labute approximate surface area is 108 Å². The quantitative estimate of drug-likeness (QED) is 0.750. The lowest BCUT2D eigenvalue weighted by Gasteiger charge is -2.12. The second-order valence-electron chi connectivity index (χ2n) is 4.34. The smallest absolute Gasteiger partial charge is 0.302 e. The summed E-state index contributed by atoms with van der Waals surface area (Å²) in [4.78, 5) is 12.9. The Balaban J connectivity index is 2.23. The van der Waals surface area contributed by atoms with E-state index in [2.05, 4.69) is 5.16 Å². The third-order valence-corrected chi connectivity index (χ3v) is 3.71. The molecule has 1 unspecified atom stereocenters. The Hall–Kier alpha value is -1.95. The van der Waals surface area contributed by atoms with E-state index in [4.69, 9.17) is 9.78 Å². The molecule has 2 heterocycles. The van der Waals surface area contributed by atoms with Gasteiger partial charge in [-0.15, -0.1) is 3.89 Å². The van der Waals surface area contributed by atoms with Crippen molar-refractivity contribution in [1.82, 2.24) is 5.16 Å². The van der Waals surface area contributed by atoms with Gasteiger partial charge in [-0.2, -0.15) is 13.7 Å². The maximum Gasteiger partial charge on any atom is 0.302 e. The molecular formula is C10H10FN3O4S. The minimum Gasteiger partial charge on any atom is -0.336 e. The van der Waals surface area contributed by atoms with Gasteiger partial charge >= 0.3 is 10.2 Å². The van der Waals surface area contributed by atoms with Crippen LogP contribution in [0.1, 0.15) is 17.7 Å². The molecule has 0 aliphatic carbocycles. The van der Waals surface area contributed by atoms with Crippen molar-refractivity contribution >= 4 is 22.0 Å². The summed E-state index contributed by atoms with van der Waals surface area (Å²) in [6, 6.07) is 1.86. The van der Waals surface area contributed by atoms with Crippen LogP contribution in [0.4, 0.5) is 9.77 Å². The summed E-state index contributed by atoms with van der Waals surface area (Å²) in [5.74, 6) is -1.80. The summed E-state index contributed by atoms with van der Waals surface area (Å²) in [5, 5.41) is 12.5. The van der Waals surface area contributed by atoms with Crippen molar-refractivity contribution in [2.24, 2.45) is 5.92 Å². The van der Waals surface area contributed by atoms with Crippen LogP contribution in [0.2, 0.25) is 0 Å². The summed E-state index contributed by atoms with van der Waals surface area (Å²) in [6.45, 7) is 1.54. The molecule has 7 nitrogen and oxygen atoms in total. The molecule has 1 aromatic heterocycles. The van der Waals surface area contributed by atoms with Gasteiger partial charge < -0.3 is 4.52 Å². The van der Waals surface area contributed by atoms with Gasteiger partial charge in [0, 0.05) is 18.9 Å². The number of aromatic nitrogens is 1. The molecule has 1 aliphatic rings. The highest BCUT2D eigenvalue weighted by Crippen LogP contribution is 2.30. The van der Waals surface area contributed by atoms with Gasteiger partial charge in [-0.05, 0) is 6.92 Å². The molecule has 1 saturated heterocycles. The summed E-state index contributed by atoms with van der Waals surface area (Å²) in [6.07, 6.45) is -0.103. The first-order valence-corrected chi connectivity index (χ1v) is 6.96. The molecule has 1 aromatic rings. The number of halogens is 1. The van der Waals surface area contributed by atoms with Crippen LogP contribution < -0.4 is 4.90 Å². The highest BCUT2D eigenvalue weighted by atomic mass is 32.3. The van der Waals surface area contributed by atoms with Gasteiger partial charge in [0.15, 0.2) is 0 Å². The Kier molecular flexibility index (Phi) is 3.28. The molecule has 9 heteroatoms. The molecule has 2 rings (SSSR count).